The molecular weight excluding hydrogens is 376 g/mol. The molecule has 2 aromatic carbocycles. The van der Waals surface area contributed by atoms with Gasteiger partial charge in [-0.1, -0.05) is 36.4 Å². The van der Waals surface area contributed by atoms with Crippen molar-refractivity contribution in [3.05, 3.63) is 90.1 Å². The zero-order chi connectivity index (χ0) is 20.9. The number of aromatic nitrogens is 4. The van der Waals surface area contributed by atoms with Crippen molar-refractivity contribution in [2.75, 3.05) is 24.3 Å². The lowest BCUT2D eigenvalue weighted by Crippen LogP contribution is -2.17. The van der Waals surface area contributed by atoms with Gasteiger partial charge in [-0.25, -0.2) is 0 Å². The number of carbonyl (C=O) groups is 1. The van der Waals surface area contributed by atoms with Crippen LogP contribution in [0.1, 0.15) is 15.9 Å². The molecule has 150 valence electrons. The Morgan fingerprint density at radius 1 is 0.967 bits per heavy atom. The number of carbonyl (C=O) groups excluding carboxylic acids is 1. The normalized spacial score (nSPS) is 10.6. The van der Waals surface area contributed by atoms with E-state index in [-0.39, 0.29) is 5.91 Å². The highest BCUT2D eigenvalue weighted by Crippen LogP contribution is 2.18. The van der Waals surface area contributed by atoms with Gasteiger partial charge in [-0.15, -0.1) is 5.10 Å². The summed E-state index contributed by atoms with van der Waals surface area (Å²) >= 11 is 0. The van der Waals surface area contributed by atoms with Crippen LogP contribution in [-0.4, -0.2) is 39.8 Å². The summed E-state index contributed by atoms with van der Waals surface area (Å²) in [6.45, 7) is 0.510. The fraction of sp³-hybridized carbons (Fsp3) is 0.130. The zero-order valence-electron chi connectivity index (χ0n) is 16.9. The largest absolute Gasteiger partial charge is 0.378 e. The third-order valence-corrected chi connectivity index (χ3v) is 4.62. The molecule has 0 aliphatic heterocycles. The van der Waals surface area contributed by atoms with E-state index < -0.39 is 0 Å². The molecule has 2 heterocycles. The van der Waals surface area contributed by atoms with Gasteiger partial charge in [0.25, 0.3) is 5.91 Å². The van der Waals surface area contributed by atoms with Crippen LogP contribution in [0.25, 0.3) is 11.5 Å². The number of anilines is 2. The topological polar surface area (TPSA) is 75.9 Å². The first-order chi connectivity index (χ1) is 14.6. The summed E-state index contributed by atoms with van der Waals surface area (Å²) in [5, 5.41) is 7.68. The van der Waals surface area contributed by atoms with E-state index in [0.717, 1.165) is 11.3 Å². The predicted molar refractivity (Wildman–Crippen MR) is 118 cm³/mol. The third kappa shape index (κ3) is 4.20. The first-order valence-electron chi connectivity index (χ1n) is 9.60. The zero-order valence-corrected chi connectivity index (χ0v) is 16.9. The van der Waals surface area contributed by atoms with Crippen molar-refractivity contribution < 1.29 is 4.79 Å². The quantitative estimate of drug-likeness (QED) is 0.534. The van der Waals surface area contributed by atoms with E-state index in [4.69, 9.17) is 0 Å². The minimum Gasteiger partial charge on any atom is -0.378 e. The molecule has 0 fully saturated rings. The van der Waals surface area contributed by atoms with Gasteiger partial charge in [0.05, 0.1) is 0 Å². The maximum atomic E-state index is 13.0. The van der Waals surface area contributed by atoms with E-state index in [1.165, 1.54) is 4.68 Å². The van der Waals surface area contributed by atoms with Crippen LogP contribution < -0.4 is 10.2 Å². The molecule has 0 aliphatic rings. The second-order valence-electron chi connectivity index (χ2n) is 6.97. The smallest absolute Gasteiger partial charge is 0.281 e. The Kier molecular flexibility index (Phi) is 5.52. The molecule has 0 unspecified atom stereocenters. The molecular formula is C23H22N6O. The van der Waals surface area contributed by atoms with Crippen molar-refractivity contribution in [3.8, 4) is 11.5 Å². The van der Waals surface area contributed by atoms with Gasteiger partial charge in [0.2, 0.25) is 11.8 Å². The third-order valence-electron chi connectivity index (χ3n) is 4.62. The van der Waals surface area contributed by atoms with Crippen LogP contribution >= 0.6 is 0 Å². The molecule has 0 aliphatic carbocycles. The van der Waals surface area contributed by atoms with Crippen molar-refractivity contribution in [3.63, 3.8) is 0 Å². The van der Waals surface area contributed by atoms with E-state index in [9.17, 15) is 4.79 Å². The van der Waals surface area contributed by atoms with E-state index in [1.807, 2.05) is 67.5 Å². The Bertz CT molecular complexity index is 1120. The van der Waals surface area contributed by atoms with Crippen LogP contribution in [0.15, 0.2) is 79.0 Å². The van der Waals surface area contributed by atoms with Gasteiger partial charge in [0.15, 0.2) is 0 Å². The molecule has 30 heavy (non-hydrogen) atoms. The Morgan fingerprint density at radius 3 is 2.37 bits per heavy atom. The molecule has 0 atom stereocenters. The van der Waals surface area contributed by atoms with Crippen molar-refractivity contribution in [1.82, 2.24) is 19.7 Å². The van der Waals surface area contributed by atoms with Crippen molar-refractivity contribution in [1.29, 1.82) is 0 Å². The average Bonchev–Trinajstić information content (AvgIpc) is 3.23. The van der Waals surface area contributed by atoms with Crippen LogP contribution in [-0.2, 0) is 6.54 Å². The van der Waals surface area contributed by atoms with Gasteiger partial charge >= 0.3 is 0 Å². The Morgan fingerprint density at radius 2 is 1.70 bits per heavy atom. The Hall–Kier alpha value is -4.00. The monoisotopic (exact) mass is 398 g/mol. The second kappa shape index (κ2) is 8.57. The molecule has 0 bridgehead atoms. The van der Waals surface area contributed by atoms with Gasteiger partial charge in [-0.2, -0.15) is 9.67 Å². The average molecular weight is 398 g/mol. The number of rotatable bonds is 6. The summed E-state index contributed by atoms with van der Waals surface area (Å²) in [5.41, 5.74) is 3.34. The Labute approximate surface area is 175 Å². The molecule has 7 heteroatoms. The fourth-order valence-electron chi connectivity index (χ4n) is 2.97. The highest BCUT2D eigenvalue weighted by Gasteiger charge is 2.19. The first-order valence-corrected chi connectivity index (χ1v) is 9.60. The highest BCUT2D eigenvalue weighted by molar-refractivity contribution is 5.97. The highest BCUT2D eigenvalue weighted by atomic mass is 16.2. The lowest BCUT2D eigenvalue weighted by Gasteiger charge is -2.13. The Balaban J connectivity index is 1.63. The number of benzene rings is 2. The van der Waals surface area contributed by atoms with E-state index >= 15 is 0 Å². The molecule has 0 amide bonds. The van der Waals surface area contributed by atoms with Gasteiger partial charge in [0.1, 0.15) is 5.69 Å². The summed E-state index contributed by atoms with van der Waals surface area (Å²) < 4.78 is 1.30. The van der Waals surface area contributed by atoms with Crippen LogP contribution in [0.3, 0.4) is 0 Å². The van der Waals surface area contributed by atoms with Crippen LogP contribution in [0.2, 0.25) is 0 Å². The summed E-state index contributed by atoms with van der Waals surface area (Å²) in [5.74, 6) is 0.516. The van der Waals surface area contributed by atoms with E-state index in [1.54, 1.807) is 18.3 Å². The first kappa shape index (κ1) is 19.3. The van der Waals surface area contributed by atoms with E-state index in [2.05, 4.69) is 32.5 Å². The fourth-order valence-corrected chi connectivity index (χ4v) is 2.97. The minimum atomic E-state index is -0.254. The summed E-state index contributed by atoms with van der Waals surface area (Å²) in [6.07, 6.45) is 1.68. The molecule has 4 rings (SSSR count). The van der Waals surface area contributed by atoms with Crippen LogP contribution in [0.5, 0.6) is 0 Å². The molecule has 7 nitrogen and oxygen atoms in total. The standard InChI is InChI=1S/C23H22N6O/c1-28(2)19-13-11-17(12-14-19)16-25-23-26-21(20-10-6-7-15-24-20)27-29(23)22(30)18-8-4-3-5-9-18/h3-15H,16H2,1-2H3,(H,25,26,27). The van der Waals surface area contributed by atoms with Crippen LogP contribution in [0, 0.1) is 0 Å². The molecule has 0 saturated heterocycles. The lowest BCUT2D eigenvalue weighted by atomic mass is 10.2. The van der Waals surface area contributed by atoms with Crippen molar-refractivity contribution in [2.24, 2.45) is 0 Å². The number of nitrogens with one attached hydrogen (secondary N) is 1. The second-order valence-corrected chi connectivity index (χ2v) is 6.97. The maximum Gasteiger partial charge on any atom is 0.281 e. The summed E-state index contributed by atoms with van der Waals surface area (Å²) in [6, 6.07) is 22.7. The van der Waals surface area contributed by atoms with Gasteiger partial charge in [0, 0.05) is 38.1 Å². The SMILES string of the molecule is CN(C)c1ccc(CNc2nc(-c3ccccn3)nn2C(=O)c2ccccc2)cc1. The lowest BCUT2D eigenvalue weighted by molar-refractivity contribution is 0.0947. The van der Waals surface area contributed by atoms with Gasteiger partial charge in [-0.05, 0) is 42.0 Å². The van der Waals surface area contributed by atoms with E-state index in [0.29, 0.717) is 29.6 Å². The van der Waals surface area contributed by atoms with Crippen LogP contribution in [0.4, 0.5) is 11.6 Å². The molecule has 0 spiro atoms. The summed E-state index contributed by atoms with van der Waals surface area (Å²) in [4.78, 5) is 23.9. The van der Waals surface area contributed by atoms with Gasteiger partial charge < -0.3 is 10.2 Å². The van der Waals surface area contributed by atoms with Crippen molar-refractivity contribution in [2.45, 2.75) is 6.54 Å². The number of hydrogen-bond donors (Lipinski definition) is 1. The molecule has 0 saturated carbocycles. The molecule has 2 aromatic heterocycles. The predicted octanol–water partition coefficient (Wildman–Crippen LogP) is 3.71. The number of hydrogen-bond acceptors (Lipinski definition) is 6. The molecule has 1 N–H and O–H groups in total. The minimum absolute atomic E-state index is 0.254. The molecule has 0 radical (unpaired) electrons. The van der Waals surface area contributed by atoms with Gasteiger partial charge in [-0.3, -0.25) is 9.78 Å². The molecule has 4 aromatic rings. The van der Waals surface area contributed by atoms with Crippen molar-refractivity contribution >= 4 is 17.5 Å². The number of pyridine rings is 1. The number of nitrogens with zero attached hydrogens (tertiary/aromatic N) is 5. The summed E-state index contributed by atoms with van der Waals surface area (Å²) in [7, 11) is 4.01. The maximum absolute atomic E-state index is 13.0.